The maximum Gasteiger partial charge on any atom is 0.416 e. The minimum Gasteiger partial charge on any atom is -0.325 e. The molecular formula is C25H20F3N3OS. The van der Waals surface area contributed by atoms with E-state index in [1.54, 1.807) is 0 Å². The van der Waals surface area contributed by atoms with Crippen molar-refractivity contribution in [3.63, 3.8) is 0 Å². The Kier molecular flexibility index (Phi) is 6.65. The van der Waals surface area contributed by atoms with Crippen molar-refractivity contribution < 1.29 is 18.0 Å². The number of halogens is 3. The second-order valence-corrected chi connectivity index (χ2v) is 8.26. The quantitative estimate of drug-likeness (QED) is 0.256. The van der Waals surface area contributed by atoms with Crippen LogP contribution in [0.2, 0.25) is 0 Å². The van der Waals surface area contributed by atoms with Crippen LogP contribution in [0.5, 0.6) is 0 Å². The van der Waals surface area contributed by atoms with Crippen molar-refractivity contribution in [1.82, 2.24) is 9.97 Å². The molecule has 4 nitrogen and oxygen atoms in total. The summed E-state index contributed by atoms with van der Waals surface area (Å²) >= 11 is 1.23. The van der Waals surface area contributed by atoms with Crippen molar-refractivity contribution in [2.45, 2.75) is 24.5 Å². The standard InChI is InChI=1S/C25H20F3N3OS/c1-2-16-10-6-13-20-22(16)30-23(17-8-4-3-5-9-17)31-24(20)33-15-21(32)29-19-12-7-11-18(14-19)25(26,27)28/h3-14H,2,15H2,1H3,(H,29,32). The van der Waals surface area contributed by atoms with E-state index in [2.05, 4.69) is 5.32 Å². The summed E-state index contributed by atoms with van der Waals surface area (Å²) in [6.07, 6.45) is -3.68. The first-order valence-corrected chi connectivity index (χ1v) is 11.3. The summed E-state index contributed by atoms with van der Waals surface area (Å²) in [6, 6.07) is 20.0. The lowest BCUT2D eigenvalue weighted by atomic mass is 10.1. The van der Waals surface area contributed by atoms with Gasteiger partial charge in [0.25, 0.3) is 0 Å². The van der Waals surface area contributed by atoms with Crippen LogP contribution >= 0.6 is 11.8 Å². The zero-order chi connectivity index (χ0) is 23.4. The van der Waals surface area contributed by atoms with E-state index >= 15 is 0 Å². The van der Waals surface area contributed by atoms with Gasteiger partial charge in [-0.25, -0.2) is 9.97 Å². The van der Waals surface area contributed by atoms with Crippen LogP contribution in [0.25, 0.3) is 22.3 Å². The van der Waals surface area contributed by atoms with Gasteiger partial charge in [0.1, 0.15) is 5.03 Å². The molecule has 0 aliphatic heterocycles. The number of fused-ring (bicyclic) bond motifs is 1. The molecule has 1 amide bonds. The number of benzene rings is 3. The van der Waals surface area contributed by atoms with Crippen LogP contribution in [0.3, 0.4) is 0 Å². The lowest BCUT2D eigenvalue weighted by Crippen LogP contribution is -2.15. The number of rotatable bonds is 6. The Labute approximate surface area is 193 Å². The molecule has 0 aliphatic rings. The van der Waals surface area contributed by atoms with Crippen molar-refractivity contribution in [2.24, 2.45) is 0 Å². The zero-order valence-electron chi connectivity index (χ0n) is 17.7. The molecule has 0 spiro atoms. The highest BCUT2D eigenvalue weighted by Gasteiger charge is 2.30. The average Bonchev–Trinajstić information content (AvgIpc) is 2.82. The lowest BCUT2D eigenvalue weighted by Gasteiger charge is -2.12. The second kappa shape index (κ2) is 9.62. The summed E-state index contributed by atoms with van der Waals surface area (Å²) in [7, 11) is 0. The molecule has 0 saturated carbocycles. The number of carbonyl (C=O) groups excluding carboxylic acids is 1. The smallest absolute Gasteiger partial charge is 0.325 e. The van der Waals surface area contributed by atoms with Crippen molar-refractivity contribution in [3.8, 4) is 11.4 Å². The first-order chi connectivity index (χ1) is 15.8. The SMILES string of the molecule is CCc1cccc2c(SCC(=O)Nc3cccc(C(F)(F)F)c3)nc(-c3ccccc3)nc12. The summed E-state index contributed by atoms with van der Waals surface area (Å²) in [5, 5.41) is 4.02. The minimum atomic E-state index is -4.47. The maximum atomic E-state index is 12.9. The first-order valence-electron chi connectivity index (χ1n) is 10.3. The molecular weight excluding hydrogens is 447 g/mol. The van der Waals surface area contributed by atoms with Gasteiger partial charge in [0.2, 0.25) is 5.91 Å². The van der Waals surface area contributed by atoms with Crippen molar-refractivity contribution in [2.75, 3.05) is 11.1 Å². The molecule has 1 aromatic heterocycles. The number of nitrogens with zero attached hydrogens (tertiary/aromatic N) is 2. The van der Waals surface area contributed by atoms with E-state index in [0.717, 1.165) is 40.6 Å². The van der Waals surface area contributed by atoms with E-state index in [-0.39, 0.29) is 11.4 Å². The van der Waals surface area contributed by atoms with Gasteiger partial charge in [0.15, 0.2) is 5.82 Å². The Bertz CT molecular complexity index is 1290. The number of aromatic nitrogens is 2. The maximum absolute atomic E-state index is 12.9. The molecule has 0 fully saturated rings. The molecule has 0 saturated heterocycles. The number of amides is 1. The van der Waals surface area contributed by atoms with Crippen LogP contribution in [-0.2, 0) is 17.4 Å². The number of hydrogen-bond acceptors (Lipinski definition) is 4. The summed E-state index contributed by atoms with van der Waals surface area (Å²) in [5.74, 6) is 0.135. The highest BCUT2D eigenvalue weighted by molar-refractivity contribution is 8.00. The van der Waals surface area contributed by atoms with Crippen molar-refractivity contribution >= 4 is 34.3 Å². The highest BCUT2D eigenvalue weighted by Crippen LogP contribution is 2.32. The van der Waals surface area contributed by atoms with E-state index in [1.165, 1.54) is 23.9 Å². The van der Waals surface area contributed by atoms with E-state index in [0.29, 0.717) is 10.9 Å². The van der Waals surface area contributed by atoms with Gasteiger partial charge in [0.05, 0.1) is 16.8 Å². The third kappa shape index (κ3) is 5.34. The summed E-state index contributed by atoms with van der Waals surface area (Å²) in [6.45, 7) is 2.05. The van der Waals surface area contributed by atoms with Gasteiger partial charge in [-0.15, -0.1) is 0 Å². The third-order valence-electron chi connectivity index (χ3n) is 5.00. The van der Waals surface area contributed by atoms with Crippen LogP contribution in [0.1, 0.15) is 18.1 Å². The normalized spacial score (nSPS) is 11.5. The van der Waals surface area contributed by atoms with Gasteiger partial charge in [-0.05, 0) is 30.2 Å². The van der Waals surface area contributed by atoms with Gasteiger partial charge in [0, 0.05) is 16.6 Å². The van der Waals surface area contributed by atoms with E-state index in [1.807, 2.05) is 55.5 Å². The fraction of sp³-hybridized carbons (Fsp3) is 0.160. The number of thioether (sulfide) groups is 1. The van der Waals surface area contributed by atoms with E-state index < -0.39 is 17.6 Å². The Hall–Kier alpha value is -3.39. The van der Waals surface area contributed by atoms with Gasteiger partial charge in [-0.2, -0.15) is 13.2 Å². The molecule has 33 heavy (non-hydrogen) atoms. The topological polar surface area (TPSA) is 54.9 Å². The molecule has 4 rings (SSSR count). The molecule has 0 radical (unpaired) electrons. The molecule has 0 bridgehead atoms. The first kappa shape index (κ1) is 22.8. The second-order valence-electron chi connectivity index (χ2n) is 7.30. The Balaban J connectivity index is 1.60. The number of nitrogens with one attached hydrogen (secondary N) is 1. The molecule has 1 N–H and O–H groups in total. The summed E-state index contributed by atoms with van der Waals surface area (Å²) in [5.41, 5.74) is 2.05. The van der Waals surface area contributed by atoms with Crippen LogP contribution in [-0.4, -0.2) is 21.6 Å². The fourth-order valence-electron chi connectivity index (χ4n) is 3.40. The predicted molar refractivity (Wildman–Crippen MR) is 125 cm³/mol. The molecule has 1 heterocycles. The summed E-state index contributed by atoms with van der Waals surface area (Å²) < 4.78 is 38.8. The fourth-order valence-corrected chi connectivity index (χ4v) is 4.21. The van der Waals surface area contributed by atoms with Crippen molar-refractivity contribution in [3.05, 3.63) is 83.9 Å². The lowest BCUT2D eigenvalue weighted by molar-refractivity contribution is -0.137. The molecule has 4 aromatic rings. The molecule has 3 aromatic carbocycles. The van der Waals surface area contributed by atoms with Crippen LogP contribution in [0.15, 0.2) is 77.8 Å². The number of para-hydroxylation sites is 1. The van der Waals surface area contributed by atoms with Crippen LogP contribution in [0.4, 0.5) is 18.9 Å². The number of alkyl halides is 3. The zero-order valence-corrected chi connectivity index (χ0v) is 18.5. The van der Waals surface area contributed by atoms with Crippen LogP contribution in [0, 0.1) is 0 Å². The number of aryl methyl sites for hydroxylation is 1. The average molecular weight is 468 g/mol. The molecule has 168 valence electrons. The van der Waals surface area contributed by atoms with E-state index in [9.17, 15) is 18.0 Å². The molecule has 8 heteroatoms. The molecule has 0 unspecified atom stereocenters. The van der Waals surface area contributed by atoms with Crippen molar-refractivity contribution in [1.29, 1.82) is 0 Å². The third-order valence-corrected chi connectivity index (χ3v) is 5.99. The van der Waals surface area contributed by atoms with Gasteiger partial charge < -0.3 is 5.32 Å². The van der Waals surface area contributed by atoms with Crippen LogP contribution < -0.4 is 5.32 Å². The Morgan fingerprint density at radius 1 is 0.970 bits per heavy atom. The molecule has 0 aliphatic carbocycles. The number of carbonyl (C=O) groups is 1. The Morgan fingerprint density at radius 3 is 2.45 bits per heavy atom. The van der Waals surface area contributed by atoms with E-state index in [4.69, 9.17) is 9.97 Å². The predicted octanol–water partition coefficient (Wildman–Crippen LogP) is 6.61. The number of hydrogen-bond donors (Lipinski definition) is 1. The summed E-state index contributed by atoms with van der Waals surface area (Å²) in [4.78, 5) is 22.0. The highest BCUT2D eigenvalue weighted by atomic mass is 32.2. The monoisotopic (exact) mass is 467 g/mol. The van der Waals surface area contributed by atoms with Gasteiger partial charge >= 0.3 is 6.18 Å². The van der Waals surface area contributed by atoms with Gasteiger partial charge in [-0.1, -0.05) is 73.3 Å². The van der Waals surface area contributed by atoms with Gasteiger partial charge in [-0.3, -0.25) is 4.79 Å². The number of anilines is 1. The minimum absolute atomic E-state index is 0.00700. The largest absolute Gasteiger partial charge is 0.416 e. The molecule has 0 atom stereocenters. The Morgan fingerprint density at radius 2 is 1.73 bits per heavy atom.